The molecule has 0 aromatic heterocycles. The molecule has 2 aromatic rings. The molecule has 0 radical (unpaired) electrons. The number of amides is 2. The maximum atomic E-state index is 12.0. The fraction of sp³-hybridized carbons (Fsp3) is 0.286. The van der Waals surface area contributed by atoms with Crippen molar-refractivity contribution in [2.75, 3.05) is 6.54 Å². The summed E-state index contributed by atoms with van der Waals surface area (Å²) in [4.78, 5) is 23.9. The minimum Gasteiger partial charge on any atom is -0.352 e. The average Bonchev–Trinajstić information content (AvgIpc) is 2.69. The average molecular weight is 465 g/mol. The molecule has 0 saturated heterocycles. The first kappa shape index (κ1) is 22.1. The highest BCUT2D eigenvalue weighted by Gasteiger charge is 2.08. The summed E-state index contributed by atoms with van der Waals surface area (Å²) in [6.45, 7) is 2.40. The molecule has 0 atom stereocenters. The molecule has 2 N–H and O–H groups in total. The van der Waals surface area contributed by atoms with Gasteiger partial charge in [-0.25, -0.2) is 5.43 Å². The van der Waals surface area contributed by atoms with Crippen LogP contribution in [0.3, 0.4) is 0 Å². The van der Waals surface area contributed by atoms with E-state index in [2.05, 4.69) is 31.8 Å². The quantitative estimate of drug-likeness (QED) is 0.314. The summed E-state index contributed by atoms with van der Waals surface area (Å²) >= 11 is 9.38. The SMILES string of the molecule is CC(=NNC(=O)CCCCCNC(=O)c1ccccc1Cl)c1ccc(Br)cc1. The summed E-state index contributed by atoms with van der Waals surface area (Å²) in [5, 5.41) is 7.42. The van der Waals surface area contributed by atoms with Gasteiger partial charge in [0, 0.05) is 17.4 Å². The minimum atomic E-state index is -0.180. The van der Waals surface area contributed by atoms with Crippen LogP contribution in [-0.2, 0) is 4.79 Å². The van der Waals surface area contributed by atoms with Crippen LogP contribution >= 0.6 is 27.5 Å². The molecule has 2 amide bonds. The first-order valence-corrected chi connectivity index (χ1v) is 10.3. The number of carbonyl (C=O) groups excluding carboxylic acids is 2. The monoisotopic (exact) mass is 463 g/mol. The van der Waals surface area contributed by atoms with Gasteiger partial charge in [0.1, 0.15) is 0 Å². The molecule has 5 nitrogen and oxygen atoms in total. The van der Waals surface area contributed by atoms with E-state index in [4.69, 9.17) is 11.6 Å². The zero-order valence-corrected chi connectivity index (χ0v) is 18.0. The Morgan fingerprint density at radius 2 is 1.75 bits per heavy atom. The van der Waals surface area contributed by atoms with Gasteiger partial charge in [0.2, 0.25) is 5.91 Å². The topological polar surface area (TPSA) is 70.6 Å². The molecule has 0 heterocycles. The smallest absolute Gasteiger partial charge is 0.252 e. The Balaban J connectivity index is 1.61. The fourth-order valence-corrected chi connectivity index (χ4v) is 2.97. The van der Waals surface area contributed by atoms with E-state index in [1.165, 1.54) is 0 Å². The van der Waals surface area contributed by atoms with Crippen molar-refractivity contribution in [1.82, 2.24) is 10.7 Å². The van der Waals surface area contributed by atoms with Gasteiger partial charge in [0.15, 0.2) is 0 Å². The van der Waals surface area contributed by atoms with Crippen LogP contribution in [-0.4, -0.2) is 24.1 Å². The van der Waals surface area contributed by atoms with Gasteiger partial charge >= 0.3 is 0 Å². The molecule has 0 saturated carbocycles. The highest BCUT2D eigenvalue weighted by molar-refractivity contribution is 9.10. The van der Waals surface area contributed by atoms with Gasteiger partial charge in [-0.1, -0.05) is 58.2 Å². The maximum absolute atomic E-state index is 12.0. The van der Waals surface area contributed by atoms with Gasteiger partial charge in [0.05, 0.1) is 16.3 Å². The second kappa shape index (κ2) is 11.6. The molecule has 28 heavy (non-hydrogen) atoms. The number of hydrogen-bond donors (Lipinski definition) is 2. The lowest BCUT2D eigenvalue weighted by Crippen LogP contribution is -2.24. The zero-order chi connectivity index (χ0) is 20.4. The van der Waals surface area contributed by atoms with Crippen LogP contribution in [0.15, 0.2) is 58.1 Å². The van der Waals surface area contributed by atoms with E-state index in [0.717, 1.165) is 35.0 Å². The van der Waals surface area contributed by atoms with Crippen molar-refractivity contribution < 1.29 is 9.59 Å². The largest absolute Gasteiger partial charge is 0.352 e. The molecule has 0 aliphatic rings. The molecule has 2 rings (SSSR count). The Kier molecular flexibility index (Phi) is 9.17. The molecule has 0 spiro atoms. The highest BCUT2D eigenvalue weighted by atomic mass is 79.9. The number of hydrogen-bond acceptors (Lipinski definition) is 3. The molecule has 0 aliphatic heterocycles. The van der Waals surface area contributed by atoms with Crippen molar-refractivity contribution in [3.8, 4) is 0 Å². The molecule has 0 aliphatic carbocycles. The van der Waals surface area contributed by atoms with Crippen LogP contribution in [0.4, 0.5) is 0 Å². The normalized spacial score (nSPS) is 11.2. The Hall–Kier alpha value is -2.18. The summed E-state index contributed by atoms with van der Waals surface area (Å²) in [6, 6.07) is 14.7. The van der Waals surface area contributed by atoms with Crippen molar-refractivity contribution in [3.63, 3.8) is 0 Å². The summed E-state index contributed by atoms with van der Waals surface area (Å²) in [5.41, 5.74) is 4.77. The number of halogens is 2. The van der Waals surface area contributed by atoms with Crippen molar-refractivity contribution in [2.24, 2.45) is 5.10 Å². The van der Waals surface area contributed by atoms with E-state index in [1.807, 2.05) is 31.2 Å². The van der Waals surface area contributed by atoms with Gasteiger partial charge < -0.3 is 5.32 Å². The molecule has 7 heteroatoms. The van der Waals surface area contributed by atoms with Crippen molar-refractivity contribution in [2.45, 2.75) is 32.6 Å². The standard InChI is InChI=1S/C21H23BrClN3O2/c1-15(16-10-12-17(22)13-11-16)25-26-20(27)9-3-2-6-14-24-21(28)18-7-4-5-8-19(18)23/h4-5,7-8,10-13H,2-3,6,9,14H2,1H3,(H,24,28)(H,26,27). The minimum absolute atomic E-state index is 0.114. The summed E-state index contributed by atoms with van der Waals surface area (Å²) in [6.07, 6.45) is 2.77. The number of carbonyl (C=O) groups is 2. The summed E-state index contributed by atoms with van der Waals surface area (Å²) < 4.78 is 0.996. The van der Waals surface area contributed by atoms with E-state index in [0.29, 0.717) is 23.6 Å². The first-order valence-electron chi connectivity index (χ1n) is 9.09. The molecular weight excluding hydrogens is 442 g/mol. The number of benzene rings is 2. The lowest BCUT2D eigenvalue weighted by atomic mass is 10.1. The summed E-state index contributed by atoms with van der Waals surface area (Å²) in [5.74, 6) is -0.294. The van der Waals surface area contributed by atoms with E-state index in [1.54, 1.807) is 24.3 Å². The maximum Gasteiger partial charge on any atom is 0.252 e. The molecule has 0 unspecified atom stereocenters. The van der Waals surface area contributed by atoms with Gasteiger partial charge in [-0.2, -0.15) is 5.10 Å². The van der Waals surface area contributed by atoms with Gasteiger partial charge in [0.25, 0.3) is 5.91 Å². The van der Waals surface area contributed by atoms with Gasteiger partial charge in [-0.3, -0.25) is 9.59 Å². The van der Waals surface area contributed by atoms with E-state index >= 15 is 0 Å². The Bertz CT molecular complexity index is 838. The lowest BCUT2D eigenvalue weighted by Gasteiger charge is -2.06. The second-order valence-corrected chi connectivity index (χ2v) is 7.61. The predicted molar refractivity (Wildman–Crippen MR) is 117 cm³/mol. The molecule has 148 valence electrons. The molecule has 0 fully saturated rings. The fourth-order valence-electron chi connectivity index (χ4n) is 2.49. The third kappa shape index (κ3) is 7.44. The van der Waals surface area contributed by atoms with Crippen LogP contribution in [0.5, 0.6) is 0 Å². The Labute approximate surface area is 178 Å². The van der Waals surface area contributed by atoms with Gasteiger partial charge in [-0.15, -0.1) is 0 Å². The van der Waals surface area contributed by atoms with Crippen molar-refractivity contribution in [3.05, 3.63) is 69.2 Å². The number of unbranched alkanes of at least 4 members (excludes halogenated alkanes) is 2. The predicted octanol–water partition coefficient (Wildman–Crippen LogP) is 4.93. The lowest BCUT2D eigenvalue weighted by molar-refractivity contribution is -0.121. The van der Waals surface area contributed by atoms with E-state index < -0.39 is 0 Å². The molecular formula is C21H23BrClN3O2. The van der Waals surface area contributed by atoms with Crippen LogP contribution in [0, 0.1) is 0 Å². The van der Waals surface area contributed by atoms with Gasteiger partial charge in [-0.05, 0) is 49.6 Å². The highest BCUT2D eigenvalue weighted by Crippen LogP contribution is 2.14. The molecule has 2 aromatic carbocycles. The number of rotatable bonds is 9. The first-order chi connectivity index (χ1) is 13.5. The van der Waals surface area contributed by atoms with Crippen LogP contribution < -0.4 is 10.7 Å². The number of nitrogens with zero attached hydrogens (tertiary/aromatic N) is 1. The summed E-state index contributed by atoms with van der Waals surface area (Å²) in [7, 11) is 0. The van der Waals surface area contributed by atoms with E-state index in [9.17, 15) is 9.59 Å². The Morgan fingerprint density at radius 3 is 2.46 bits per heavy atom. The zero-order valence-electron chi connectivity index (χ0n) is 15.7. The second-order valence-electron chi connectivity index (χ2n) is 6.29. The molecule has 0 bridgehead atoms. The van der Waals surface area contributed by atoms with E-state index in [-0.39, 0.29) is 11.8 Å². The van der Waals surface area contributed by atoms with Crippen LogP contribution in [0.1, 0.15) is 48.5 Å². The number of hydrazone groups is 1. The third-order valence-corrected chi connectivity index (χ3v) is 4.95. The van der Waals surface area contributed by atoms with Crippen LogP contribution in [0.2, 0.25) is 5.02 Å². The van der Waals surface area contributed by atoms with Crippen LogP contribution in [0.25, 0.3) is 0 Å². The van der Waals surface area contributed by atoms with Crippen molar-refractivity contribution in [1.29, 1.82) is 0 Å². The van der Waals surface area contributed by atoms with Crippen molar-refractivity contribution >= 4 is 45.1 Å². The number of nitrogens with one attached hydrogen (secondary N) is 2. The Morgan fingerprint density at radius 1 is 1.04 bits per heavy atom. The third-order valence-electron chi connectivity index (χ3n) is 4.09.